The van der Waals surface area contributed by atoms with Gasteiger partial charge in [-0.3, -0.25) is 9.78 Å². The Morgan fingerprint density at radius 2 is 1.75 bits per heavy atom. The van der Waals surface area contributed by atoms with Crippen molar-refractivity contribution in [3.05, 3.63) is 53.3 Å². The van der Waals surface area contributed by atoms with Crippen LogP contribution in [0, 0.1) is 13.8 Å². The van der Waals surface area contributed by atoms with Crippen molar-refractivity contribution < 1.29 is 4.79 Å². The second-order valence-electron chi connectivity index (χ2n) is 6.44. The van der Waals surface area contributed by atoms with E-state index in [1.54, 1.807) is 6.20 Å². The van der Waals surface area contributed by atoms with Gasteiger partial charge in [0.05, 0.1) is 17.4 Å². The summed E-state index contributed by atoms with van der Waals surface area (Å²) in [6, 6.07) is 7.93. The molecule has 2 aromatic rings. The number of carbonyl (C=O) groups is 1. The van der Waals surface area contributed by atoms with Gasteiger partial charge in [-0.1, -0.05) is 18.2 Å². The summed E-state index contributed by atoms with van der Waals surface area (Å²) in [6.45, 7) is 7.97. The lowest BCUT2D eigenvalue weighted by atomic mass is 10.1. The molecule has 126 valence electrons. The molecule has 1 amide bonds. The van der Waals surface area contributed by atoms with Gasteiger partial charge in [0.25, 0.3) is 5.91 Å². The third-order valence-electron chi connectivity index (χ3n) is 4.57. The van der Waals surface area contributed by atoms with Crippen LogP contribution in [-0.4, -0.2) is 49.0 Å². The predicted octanol–water partition coefficient (Wildman–Crippen LogP) is 2.70. The molecule has 0 saturated carbocycles. The van der Waals surface area contributed by atoms with Crippen molar-refractivity contribution in [2.45, 2.75) is 13.8 Å². The summed E-state index contributed by atoms with van der Waals surface area (Å²) in [5, 5.41) is 3.03. The summed E-state index contributed by atoms with van der Waals surface area (Å²) < 4.78 is 0. The van der Waals surface area contributed by atoms with E-state index in [0.29, 0.717) is 5.56 Å². The average molecular weight is 324 g/mol. The van der Waals surface area contributed by atoms with E-state index in [4.69, 9.17) is 0 Å². The molecule has 0 radical (unpaired) electrons. The van der Waals surface area contributed by atoms with Gasteiger partial charge in [0.15, 0.2) is 0 Å². The van der Waals surface area contributed by atoms with E-state index in [9.17, 15) is 4.79 Å². The van der Waals surface area contributed by atoms with Crippen LogP contribution in [0.15, 0.2) is 36.7 Å². The molecule has 1 aliphatic heterocycles. The summed E-state index contributed by atoms with van der Waals surface area (Å²) in [5.41, 5.74) is 4.61. The SMILES string of the molecule is Cc1cccc(C)c1NC(=O)c1cncc(N2CCN(C)CC2)c1. The number of rotatable bonds is 3. The fourth-order valence-electron chi connectivity index (χ4n) is 2.99. The summed E-state index contributed by atoms with van der Waals surface area (Å²) in [6.07, 6.45) is 3.46. The predicted molar refractivity (Wildman–Crippen MR) is 97.8 cm³/mol. The van der Waals surface area contributed by atoms with Crippen LogP contribution in [0.2, 0.25) is 0 Å². The number of aryl methyl sites for hydroxylation is 2. The second-order valence-corrected chi connectivity index (χ2v) is 6.44. The largest absolute Gasteiger partial charge is 0.368 e. The number of benzene rings is 1. The maximum Gasteiger partial charge on any atom is 0.257 e. The Labute approximate surface area is 143 Å². The van der Waals surface area contributed by atoms with Crippen molar-refractivity contribution in [1.82, 2.24) is 9.88 Å². The molecule has 24 heavy (non-hydrogen) atoms. The molecule has 1 N–H and O–H groups in total. The normalized spacial score (nSPS) is 15.4. The molecule has 0 spiro atoms. The Hall–Kier alpha value is -2.40. The molecule has 1 aliphatic rings. The van der Waals surface area contributed by atoms with Crippen molar-refractivity contribution >= 4 is 17.3 Å². The van der Waals surface area contributed by atoms with Gasteiger partial charge in [-0.2, -0.15) is 0 Å². The Morgan fingerprint density at radius 3 is 2.42 bits per heavy atom. The first-order valence-electron chi connectivity index (χ1n) is 8.30. The van der Waals surface area contributed by atoms with Gasteiger partial charge in [0.2, 0.25) is 0 Å². The van der Waals surface area contributed by atoms with E-state index in [0.717, 1.165) is 48.7 Å². The van der Waals surface area contributed by atoms with Gasteiger partial charge in [0, 0.05) is 38.1 Å². The monoisotopic (exact) mass is 324 g/mol. The third-order valence-corrected chi connectivity index (χ3v) is 4.57. The molecule has 1 fully saturated rings. The van der Waals surface area contributed by atoms with E-state index < -0.39 is 0 Å². The average Bonchev–Trinajstić information content (AvgIpc) is 2.59. The number of nitrogens with zero attached hydrogens (tertiary/aromatic N) is 3. The van der Waals surface area contributed by atoms with Crippen LogP contribution < -0.4 is 10.2 Å². The second kappa shape index (κ2) is 7.01. The van der Waals surface area contributed by atoms with Crippen LogP contribution in [0.3, 0.4) is 0 Å². The molecule has 1 saturated heterocycles. The molecule has 0 unspecified atom stereocenters. The summed E-state index contributed by atoms with van der Waals surface area (Å²) in [7, 11) is 2.13. The molecule has 0 bridgehead atoms. The van der Waals surface area contributed by atoms with Gasteiger partial charge in [-0.15, -0.1) is 0 Å². The number of piperazine rings is 1. The topological polar surface area (TPSA) is 48.5 Å². The van der Waals surface area contributed by atoms with Crippen LogP contribution in [0.25, 0.3) is 0 Å². The zero-order chi connectivity index (χ0) is 17.1. The molecule has 5 heteroatoms. The smallest absolute Gasteiger partial charge is 0.257 e. The van der Waals surface area contributed by atoms with Crippen molar-refractivity contribution in [2.24, 2.45) is 0 Å². The zero-order valence-corrected chi connectivity index (χ0v) is 14.5. The molecule has 2 heterocycles. The minimum atomic E-state index is -0.115. The highest BCUT2D eigenvalue weighted by Gasteiger charge is 2.16. The Morgan fingerprint density at radius 1 is 1.08 bits per heavy atom. The number of aromatic nitrogens is 1. The first-order valence-corrected chi connectivity index (χ1v) is 8.30. The number of nitrogens with one attached hydrogen (secondary N) is 1. The van der Waals surface area contributed by atoms with Crippen LogP contribution in [0.5, 0.6) is 0 Å². The molecular weight excluding hydrogens is 300 g/mol. The minimum absolute atomic E-state index is 0.115. The number of carbonyl (C=O) groups excluding carboxylic acids is 1. The number of likely N-dealkylation sites (N-methyl/N-ethyl adjacent to an activating group) is 1. The van der Waals surface area contributed by atoms with Crippen molar-refractivity contribution in [1.29, 1.82) is 0 Å². The van der Waals surface area contributed by atoms with E-state index >= 15 is 0 Å². The fraction of sp³-hybridized carbons (Fsp3) is 0.368. The van der Waals surface area contributed by atoms with Crippen LogP contribution in [0.1, 0.15) is 21.5 Å². The maximum atomic E-state index is 12.6. The first-order chi connectivity index (χ1) is 11.5. The Bertz CT molecular complexity index is 716. The molecule has 1 aromatic heterocycles. The number of hydrogen-bond acceptors (Lipinski definition) is 4. The number of hydrogen-bond donors (Lipinski definition) is 1. The van der Waals surface area contributed by atoms with E-state index in [-0.39, 0.29) is 5.91 Å². The minimum Gasteiger partial charge on any atom is -0.368 e. The lowest BCUT2D eigenvalue weighted by molar-refractivity contribution is 0.102. The molecular formula is C19H24N4O. The fourth-order valence-corrected chi connectivity index (χ4v) is 2.99. The van der Waals surface area contributed by atoms with E-state index in [1.165, 1.54) is 0 Å². The third kappa shape index (κ3) is 3.57. The van der Waals surface area contributed by atoms with Gasteiger partial charge < -0.3 is 15.1 Å². The quantitative estimate of drug-likeness (QED) is 0.943. The first kappa shape index (κ1) is 16.5. The lowest BCUT2D eigenvalue weighted by Crippen LogP contribution is -2.44. The van der Waals surface area contributed by atoms with Crippen LogP contribution >= 0.6 is 0 Å². The van der Waals surface area contributed by atoms with Crippen LogP contribution in [-0.2, 0) is 0 Å². The molecule has 1 aromatic carbocycles. The zero-order valence-electron chi connectivity index (χ0n) is 14.5. The van der Waals surface area contributed by atoms with E-state index in [1.807, 2.05) is 44.3 Å². The maximum absolute atomic E-state index is 12.6. The van der Waals surface area contributed by atoms with Crippen molar-refractivity contribution in [2.75, 3.05) is 43.4 Å². The van der Waals surface area contributed by atoms with Crippen LogP contribution in [0.4, 0.5) is 11.4 Å². The van der Waals surface area contributed by atoms with Gasteiger partial charge in [0.1, 0.15) is 0 Å². The van der Waals surface area contributed by atoms with Gasteiger partial charge in [-0.25, -0.2) is 0 Å². The molecule has 0 aliphatic carbocycles. The van der Waals surface area contributed by atoms with Gasteiger partial charge in [-0.05, 0) is 38.1 Å². The number of pyridine rings is 1. The lowest BCUT2D eigenvalue weighted by Gasteiger charge is -2.33. The summed E-state index contributed by atoms with van der Waals surface area (Å²) >= 11 is 0. The van der Waals surface area contributed by atoms with E-state index in [2.05, 4.69) is 27.1 Å². The number of para-hydroxylation sites is 1. The highest BCUT2D eigenvalue weighted by molar-refractivity contribution is 6.05. The summed E-state index contributed by atoms with van der Waals surface area (Å²) in [5.74, 6) is -0.115. The number of amides is 1. The number of anilines is 2. The highest BCUT2D eigenvalue weighted by Crippen LogP contribution is 2.21. The van der Waals surface area contributed by atoms with Crippen molar-refractivity contribution in [3.8, 4) is 0 Å². The Kier molecular flexibility index (Phi) is 4.81. The van der Waals surface area contributed by atoms with Crippen molar-refractivity contribution in [3.63, 3.8) is 0 Å². The molecule has 0 atom stereocenters. The Balaban J connectivity index is 1.77. The van der Waals surface area contributed by atoms with Gasteiger partial charge >= 0.3 is 0 Å². The molecule has 5 nitrogen and oxygen atoms in total. The standard InChI is InChI=1S/C19H24N4O/c1-14-5-4-6-15(2)18(14)21-19(24)16-11-17(13-20-12-16)23-9-7-22(3)8-10-23/h4-6,11-13H,7-10H2,1-3H3,(H,21,24). The molecule has 3 rings (SSSR count). The highest BCUT2D eigenvalue weighted by atomic mass is 16.1. The summed E-state index contributed by atoms with van der Waals surface area (Å²) in [4.78, 5) is 21.5.